The standard InChI is InChI=1S/C31H27F2NO4/c1-35-22-9-7-20(8-10-22)31(21-17-26(32)30(36-2)27(33)18-21)12-11-25-23-5-3-4-6-24(23)28(19-29(25)38-31)34-13-15-37-16-14-34/h3-12,17-19H,13-16H2,1-2H3. The molecule has 1 fully saturated rings. The predicted molar refractivity (Wildman–Crippen MR) is 143 cm³/mol. The van der Waals surface area contributed by atoms with E-state index in [0.717, 1.165) is 35.1 Å². The normalized spacial score (nSPS) is 18.7. The Morgan fingerprint density at radius 3 is 2.16 bits per heavy atom. The van der Waals surface area contributed by atoms with E-state index in [9.17, 15) is 8.78 Å². The summed E-state index contributed by atoms with van der Waals surface area (Å²) >= 11 is 0. The summed E-state index contributed by atoms with van der Waals surface area (Å²) in [6.07, 6.45) is 3.84. The molecular weight excluding hydrogens is 488 g/mol. The first-order valence-electron chi connectivity index (χ1n) is 12.5. The van der Waals surface area contributed by atoms with Crippen LogP contribution in [0.2, 0.25) is 0 Å². The lowest BCUT2D eigenvalue weighted by atomic mass is 9.82. The molecule has 0 aliphatic carbocycles. The maximum absolute atomic E-state index is 15.0. The molecule has 0 amide bonds. The van der Waals surface area contributed by atoms with Gasteiger partial charge in [-0.2, -0.15) is 0 Å². The molecule has 0 bridgehead atoms. The molecule has 4 aromatic rings. The first-order valence-corrected chi connectivity index (χ1v) is 12.5. The van der Waals surface area contributed by atoms with Crippen LogP contribution < -0.4 is 19.1 Å². The van der Waals surface area contributed by atoms with Crippen molar-refractivity contribution in [1.29, 1.82) is 0 Å². The highest BCUT2D eigenvalue weighted by Gasteiger charge is 2.39. The number of benzene rings is 4. The van der Waals surface area contributed by atoms with Crippen LogP contribution in [0, 0.1) is 11.6 Å². The van der Waals surface area contributed by atoms with Gasteiger partial charge in [-0.25, -0.2) is 8.78 Å². The molecule has 0 N–H and O–H groups in total. The lowest BCUT2D eigenvalue weighted by molar-refractivity contribution is 0.122. The molecule has 2 aliphatic rings. The van der Waals surface area contributed by atoms with Crippen LogP contribution in [0.1, 0.15) is 16.7 Å². The van der Waals surface area contributed by atoms with Crippen LogP contribution in [-0.2, 0) is 10.3 Å². The summed E-state index contributed by atoms with van der Waals surface area (Å²) in [7, 11) is 2.83. The monoisotopic (exact) mass is 515 g/mol. The van der Waals surface area contributed by atoms with E-state index in [4.69, 9.17) is 18.9 Å². The first kappa shape index (κ1) is 24.2. The lowest BCUT2D eigenvalue weighted by Gasteiger charge is -2.38. The molecular formula is C31H27F2NO4. The molecule has 0 spiro atoms. The average Bonchev–Trinajstić information content (AvgIpc) is 2.96. The van der Waals surface area contributed by atoms with E-state index in [2.05, 4.69) is 17.0 Å². The van der Waals surface area contributed by atoms with Crippen LogP contribution in [-0.4, -0.2) is 40.5 Å². The Balaban J connectivity index is 1.57. The molecule has 5 nitrogen and oxygen atoms in total. The Bertz CT molecular complexity index is 1510. The molecule has 0 saturated carbocycles. The minimum Gasteiger partial charge on any atom is -0.497 e. The minimum atomic E-state index is -1.29. The van der Waals surface area contributed by atoms with Gasteiger partial charge in [0.25, 0.3) is 0 Å². The Labute approximate surface area is 219 Å². The van der Waals surface area contributed by atoms with E-state index in [1.165, 1.54) is 19.2 Å². The maximum atomic E-state index is 15.0. The highest BCUT2D eigenvalue weighted by atomic mass is 19.1. The Morgan fingerprint density at radius 2 is 1.50 bits per heavy atom. The van der Waals surface area contributed by atoms with Crippen molar-refractivity contribution < 1.29 is 27.7 Å². The summed E-state index contributed by atoms with van der Waals surface area (Å²) < 4.78 is 52.7. The van der Waals surface area contributed by atoms with Gasteiger partial charge in [0.05, 0.1) is 27.4 Å². The topological polar surface area (TPSA) is 40.2 Å². The minimum absolute atomic E-state index is 0.307. The van der Waals surface area contributed by atoms with Gasteiger partial charge in [0, 0.05) is 46.9 Å². The third-order valence-electron chi connectivity index (χ3n) is 7.28. The molecule has 0 aromatic heterocycles. The van der Waals surface area contributed by atoms with Gasteiger partial charge >= 0.3 is 0 Å². The van der Waals surface area contributed by atoms with Gasteiger partial charge in [0.2, 0.25) is 0 Å². The Hall–Kier alpha value is -4.10. The summed E-state index contributed by atoms with van der Waals surface area (Å²) in [5, 5.41) is 2.15. The number of fused-ring (bicyclic) bond motifs is 3. The van der Waals surface area contributed by atoms with Crippen molar-refractivity contribution in [3.8, 4) is 17.2 Å². The molecule has 194 valence electrons. The third kappa shape index (κ3) is 3.94. The maximum Gasteiger partial charge on any atom is 0.190 e. The first-order chi connectivity index (χ1) is 18.5. The van der Waals surface area contributed by atoms with Crippen LogP contribution in [0.5, 0.6) is 17.2 Å². The summed E-state index contributed by atoms with van der Waals surface area (Å²) in [6, 6.07) is 20.1. The molecule has 0 radical (unpaired) electrons. The van der Waals surface area contributed by atoms with Gasteiger partial charge in [-0.05, 0) is 41.8 Å². The summed E-state index contributed by atoms with van der Waals surface area (Å²) in [5.74, 6) is -0.743. The molecule has 1 saturated heterocycles. The highest BCUT2D eigenvalue weighted by Crippen LogP contribution is 2.47. The lowest BCUT2D eigenvalue weighted by Crippen LogP contribution is -2.37. The number of hydrogen-bond acceptors (Lipinski definition) is 5. The number of methoxy groups -OCH3 is 2. The van der Waals surface area contributed by atoms with Gasteiger partial charge in [-0.15, -0.1) is 0 Å². The SMILES string of the molecule is COc1ccc(C2(c3cc(F)c(OC)c(F)c3)C=Cc3c(cc(N4CCOCC4)c4ccccc34)O2)cc1. The third-order valence-corrected chi connectivity index (χ3v) is 7.28. The number of hydrogen-bond donors (Lipinski definition) is 0. The van der Waals surface area contributed by atoms with E-state index in [0.29, 0.717) is 35.8 Å². The number of rotatable bonds is 5. The zero-order valence-electron chi connectivity index (χ0n) is 21.2. The number of anilines is 1. The molecule has 2 heterocycles. The van der Waals surface area contributed by atoms with E-state index < -0.39 is 23.0 Å². The van der Waals surface area contributed by atoms with Gasteiger partial charge < -0.3 is 23.8 Å². The Morgan fingerprint density at radius 1 is 0.816 bits per heavy atom. The second-order valence-corrected chi connectivity index (χ2v) is 9.33. The zero-order chi connectivity index (χ0) is 26.3. The molecule has 6 rings (SSSR count). The summed E-state index contributed by atoms with van der Waals surface area (Å²) in [5.41, 5.74) is 1.66. The fourth-order valence-corrected chi connectivity index (χ4v) is 5.37. The fraction of sp³-hybridized carbons (Fsp3) is 0.226. The smallest absolute Gasteiger partial charge is 0.190 e. The zero-order valence-corrected chi connectivity index (χ0v) is 21.2. The van der Waals surface area contributed by atoms with Crippen LogP contribution >= 0.6 is 0 Å². The van der Waals surface area contributed by atoms with Gasteiger partial charge in [0.15, 0.2) is 23.0 Å². The molecule has 7 heteroatoms. The van der Waals surface area contributed by atoms with Gasteiger partial charge in [-0.3, -0.25) is 0 Å². The second kappa shape index (κ2) is 9.65. The molecule has 38 heavy (non-hydrogen) atoms. The van der Waals surface area contributed by atoms with Crippen LogP contribution in [0.15, 0.2) is 72.8 Å². The average molecular weight is 516 g/mol. The number of morpholine rings is 1. The molecule has 2 aliphatic heterocycles. The van der Waals surface area contributed by atoms with Gasteiger partial charge in [0.1, 0.15) is 11.5 Å². The molecule has 1 atom stereocenters. The predicted octanol–water partition coefficient (Wildman–Crippen LogP) is 6.32. The van der Waals surface area contributed by atoms with Crippen molar-refractivity contribution in [3.05, 3.63) is 101 Å². The van der Waals surface area contributed by atoms with Gasteiger partial charge in [-0.1, -0.05) is 36.4 Å². The van der Waals surface area contributed by atoms with Crippen LogP contribution in [0.4, 0.5) is 14.5 Å². The number of halogens is 2. The number of nitrogens with zero attached hydrogens (tertiary/aromatic N) is 1. The summed E-state index contributed by atoms with van der Waals surface area (Å²) in [6.45, 7) is 2.81. The van der Waals surface area contributed by atoms with Crippen molar-refractivity contribution >= 4 is 22.5 Å². The molecule has 1 unspecified atom stereocenters. The van der Waals surface area contributed by atoms with E-state index in [-0.39, 0.29) is 0 Å². The Kier molecular flexibility index (Phi) is 6.16. The van der Waals surface area contributed by atoms with E-state index >= 15 is 0 Å². The molecule has 4 aromatic carbocycles. The van der Waals surface area contributed by atoms with Crippen molar-refractivity contribution in [2.45, 2.75) is 5.60 Å². The van der Waals surface area contributed by atoms with Crippen LogP contribution in [0.3, 0.4) is 0 Å². The van der Waals surface area contributed by atoms with E-state index in [1.807, 2.05) is 42.5 Å². The van der Waals surface area contributed by atoms with Crippen molar-refractivity contribution in [3.63, 3.8) is 0 Å². The quantitative estimate of drug-likeness (QED) is 0.311. The fourth-order valence-electron chi connectivity index (χ4n) is 5.37. The largest absolute Gasteiger partial charge is 0.497 e. The number of ether oxygens (including phenoxy) is 4. The van der Waals surface area contributed by atoms with E-state index in [1.54, 1.807) is 19.2 Å². The summed E-state index contributed by atoms with van der Waals surface area (Å²) in [4.78, 5) is 2.29. The van der Waals surface area contributed by atoms with Crippen molar-refractivity contribution in [2.24, 2.45) is 0 Å². The van der Waals surface area contributed by atoms with Crippen molar-refractivity contribution in [2.75, 3.05) is 45.4 Å². The van der Waals surface area contributed by atoms with Crippen LogP contribution in [0.25, 0.3) is 16.8 Å². The highest BCUT2D eigenvalue weighted by molar-refractivity contribution is 6.02. The van der Waals surface area contributed by atoms with Crippen molar-refractivity contribution in [1.82, 2.24) is 0 Å². The second-order valence-electron chi connectivity index (χ2n) is 9.33.